The molecule has 2 aromatic rings. The quantitative estimate of drug-likeness (QED) is 0.462. The summed E-state index contributed by atoms with van der Waals surface area (Å²) in [5.41, 5.74) is 0.600. The van der Waals surface area contributed by atoms with Gasteiger partial charge in [0.05, 0.1) is 7.11 Å². The zero-order chi connectivity index (χ0) is 23.1. The lowest BCUT2D eigenvalue weighted by Gasteiger charge is -2.24. The van der Waals surface area contributed by atoms with Crippen LogP contribution in [-0.2, 0) is 14.3 Å². The van der Waals surface area contributed by atoms with Crippen molar-refractivity contribution in [3.63, 3.8) is 0 Å². The Hall–Kier alpha value is -3.67. The minimum atomic E-state index is -1.01. The van der Waals surface area contributed by atoms with Crippen molar-refractivity contribution < 1.29 is 33.4 Å². The number of rotatable bonds is 7. The van der Waals surface area contributed by atoms with E-state index in [1.165, 1.54) is 12.5 Å². The summed E-state index contributed by atoms with van der Waals surface area (Å²) in [6.07, 6.45) is 2.22. The average Bonchev–Trinajstić information content (AvgIpc) is 3.18. The third-order valence-corrected chi connectivity index (χ3v) is 6.46. The van der Waals surface area contributed by atoms with Gasteiger partial charge in [-0.05, 0) is 30.0 Å². The molecular formula is C21H20N4O7S. The van der Waals surface area contributed by atoms with E-state index in [0.29, 0.717) is 23.5 Å². The van der Waals surface area contributed by atoms with Gasteiger partial charge in [-0.25, -0.2) is 19.5 Å². The molecule has 172 valence electrons. The summed E-state index contributed by atoms with van der Waals surface area (Å²) >= 11 is 1.05. The maximum atomic E-state index is 13.3. The summed E-state index contributed by atoms with van der Waals surface area (Å²) in [5, 5.41) is 6.94. The average molecular weight is 472 g/mol. The Morgan fingerprint density at radius 2 is 2.09 bits per heavy atom. The maximum absolute atomic E-state index is 13.3. The molecule has 33 heavy (non-hydrogen) atoms. The van der Waals surface area contributed by atoms with Gasteiger partial charge in [-0.15, -0.1) is 11.3 Å². The minimum absolute atomic E-state index is 0.0643. The zero-order valence-electron chi connectivity index (χ0n) is 17.5. The van der Waals surface area contributed by atoms with Crippen LogP contribution in [0.1, 0.15) is 41.4 Å². The Labute approximate surface area is 192 Å². The van der Waals surface area contributed by atoms with E-state index in [0.717, 1.165) is 29.1 Å². The number of esters is 1. The predicted octanol–water partition coefficient (Wildman–Crippen LogP) is 2.06. The van der Waals surface area contributed by atoms with Crippen LogP contribution in [0.2, 0.25) is 0 Å². The fourth-order valence-electron chi connectivity index (χ4n) is 3.82. The molecule has 3 heterocycles. The molecule has 2 atom stereocenters. The molecule has 11 nitrogen and oxygen atoms in total. The summed E-state index contributed by atoms with van der Waals surface area (Å²) in [5.74, 6) is -0.370. The number of fused-ring (bicyclic) bond motifs is 1. The van der Waals surface area contributed by atoms with Crippen molar-refractivity contribution in [1.82, 2.24) is 15.2 Å². The summed E-state index contributed by atoms with van der Waals surface area (Å²) < 4.78 is 15.3. The Kier molecular flexibility index (Phi) is 5.36. The number of urea groups is 1. The smallest absolute Gasteiger partial charge is 0.357 e. The van der Waals surface area contributed by atoms with Crippen LogP contribution in [0.3, 0.4) is 0 Å². The minimum Gasteiger partial charge on any atom is -0.464 e. The Morgan fingerprint density at radius 3 is 2.85 bits per heavy atom. The maximum Gasteiger partial charge on any atom is 0.357 e. The molecule has 2 aliphatic heterocycles. The highest BCUT2D eigenvalue weighted by Crippen LogP contribution is 2.38. The van der Waals surface area contributed by atoms with Crippen LogP contribution >= 0.6 is 11.3 Å². The Bertz CT molecular complexity index is 1150. The van der Waals surface area contributed by atoms with E-state index in [2.05, 4.69) is 20.4 Å². The molecule has 1 aliphatic carbocycles. The highest BCUT2D eigenvalue weighted by molar-refractivity contribution is 7.14. The number of amides is 4. The molecule has 1 saturated carbocycles. The first kappa shape index (κ1) is 21.2. The number of imide groups is 1. The van der Waals surface area contributed by atoms with Crippen molar-refractivity contribution in [2.45, 2.75) is 31.3 Å². The summed E-state index contributed by atoms with van der Waals surface area (Å²) in [4.78, 5) is 55.9. The Morgan fingerprint density at radius 1 is 1.30 bits per heavy atom. The summed E-state index contributed by atoms with van der Waals surface area (Å²) in [7, 11) is 1.24. The SMILES string of the molecule is COC(=O)c1csc(NC(=O)[C@H](CC2CC2)N2C(=O)NC(c3ccc4c(c3)OCO4)C2=O)n1. The van der Waals surface area contributed by atoms with Gasteiger partial charge in [-0.1, -0.05) is 18.9 Å². The van der Waals surface area contributed by atoms with Crippen molar-refractivity contribution in [1.29, 1.82) is 0 Å². The lowest BCUT2D eigenvalue weighted by atomic mass is 10.0. The molecule has 1 unspecified atom stereocenters. The molecule has 0 bridgehead atoms. The number of carbonyl (C=O) groups is 4. The van der Waals surface area contributed by atoms with Crippen LogP contribution in [0.15, 0.2) is 23.6 Å². The number of methoxy groups -OCH3 is 1. The normalized spacial score (nSPS) is 19.9. The van der Waals surface area contributed by atoms with Crippen LogP contribution in [0, 0.1) is 5.92 Å². The first-order chi connectivity index (χ1) is 15.9. The monoisotopic (exact) mass is 472 g/mol. The zero-order valence-corrected chi connectivity index (χ0v) is 18.3. The van der Waals surface area contributed by atoms with E-state index < -0.39 is 35.9 Å². The van der Waals surface area contributed by atoms with Crippen LogP contribution < -0.4 is 20.1 Å². The Balaban J connectivity index is 1.36. The largest absolute Gasteiger partial charge is 0.464 e. The number of hydrogen-bond donors (Lipinski definition) is 2. The van der Waals surface area contributed by atoms with E-state index in [-0.39, 0.29) is 23.5 Å². The molecule has 0 spiro atoms. The molecule has 2 fully saturated rings. The van der Waals surface area contributed by atoms with Gasteiger partial charge in [0.2, 0.25) is 12.7 Å². The van der Waals surface area contributed by atoms with Crippen molar-refractivity contribution in [2.24, 2.45) is 5.92 Å². The van der Waals surface area contributed by atoms with Gasteiger partial charge in [-0.2, -0.15) is 0 Å². The van der Waals surface area contributed by atoms with Gasteiger partial charge in [0.1, 0.15) is 12.1 Å². The van der Waals surface area contributed by atoms with Gasteiger partial charge < -0.3 is 24.8 Å². The fourth-order valence-corrected chi connectivity index (χ4v) is 4.51. The van der Waals surface area contributed by atoms with Crippen LogP contribution in [0.25, 0.3) is 0 Å². The summed E-state index contributed by atoms with van der Waals surface area (Å²) in [6.45, 7) is 0.0912. The van der Waals surface area contributed by atoms with E-state index in [4.69, 9.17) is 9.47 Å². The standard InChI is InChI=1S/C21H20N4O7S/c1-30-19(28)12-8-33-20(22-12)24-17(26)13(6-10-2-3-10)25-18(27)16(23-21(25)29)11-4-5-14-15(7-11)32-9-31-14/h4-5,7-8,10,13,16H,2-3,6,9H2,1H3,(H,23,29)(H,22,24,26)/t13-,16?/m0/s1. The van der Waals surface area contributed by atoms with Crippen molar-refractivity contribution >= 4 is 40.3 Å². The molecule has 0 radical (unpaired) electrons. The molecule has 4 amide bonds. The van der Waals surface area contributed by atoms with Gasteiger partial charge in [-0.3, -0.25) is 9.59 Å². The number of thiazole rings is 1. The predicted molar refractivity (Wildman–Crippen MR) is 114 cm³/mol. The molecule has 5 rings (SSSR count). The fraction of sp³-hybridized carbons (Fsp3) is 0.381. The molecular weight excluding hydrogens is 452 g/mol. The third-order valence-electron chi connectivity index (χ3n) is 5.70. The van der Waals surface area contributed by atoms with Crippen LogP contribution in [0.5, 0.6) is 11.5 Å². The van der Waals surface area contributed by atoms with E-state index in [9.17, 15) is 19.2 Å². The second-order valence-electron chi connectivity index (χ2n) is 7.92. The molecule has 2 N–H and O–H groups in total. The lowest BCUT2D eigenvalue weighted by molar-refractivity contribution is -0.134. The third kappa shape index (κ3) is 4.09. The van der Waals surface area contributed by atoms with Gasteiger partial charge in [0, 0.05) is 5.38 Å². The van der Waals surface area contributed by atoms with Crippen LogP contribution in [-0.4, -0.2) is 53.6 Å². The van der Waals surface area contributed by atoms with Crippen molar-refractivity contribution in [2.75, 3.05) is 19.2 Å². The number of nitrogens with zero attached hydrogens (tertiary/aromatic N) is 2. The van der Waals surface area contributed by atoms with Gasteiger partial charge >= 0.3 is 12.0 Å². The lowest BCUT2D eigenvalue weighted by Crippen LogP contribution is -2.48. The molecule has 1 saturated heterocycles. The number of benzene rings is 1. The van der Waals surface area contributed by atoms with E-state index in [1.807, 2.05) is 0 Å². The summed E-state index contributed by atoms with van der Waals surface area (Å²) in [6, 6.07) is 2.42. The number of nitrogens with one attached hydrogen (secondary N) is 2. The number of hydrogen-bond acceptors (Lipinski definition) is 9. The van der Waals surface area contributed by atoms with E-state index >= 15 is 0 Å². The van der Waals surface area contributed by atoms with Crippen LogP contribution in [0.4, 0.5) is 9.93 Å². The highest BCUT2D eigenvalue weighted by atomic mass is 32.1. The number of ether oxygens (including phenoxy) is 3. The first-order valence-corrected chi connectivity index (χ1v) is 11.2. The van der Waals surface area contributed by atoms with Gasteiger partial charge in [0.25, 0.3) is 5.91 Å². The van der Waals surface area contributed by atoms with Crippen molar-refractivity contribution in [3.8, 4) is 11.5 Å². The highest BCUT2D eigenvalue weighted by Gasteiger charge is 2.47. The first-order valence-electron chi connectivity index (χ1n) is 10.3. The molecule has 1 aromatic carbocycles. The van der Waals surface area contributed by atoms with Gasteiger partial charge in [0.15, 0.2) is 22.3 Å². The molecule has 1 aromatic heterocycles. The molecule has 12 heteroatoms. The second-order valence-corrected chi connectivity index (χ2v) is 8.78. The topological polar surface area (TPSA) is 136 Å². The van der Waals surface area contributed by atoms with E-state index in [1.54, 1.807) is 18.2 Å². The number of aromatic nitrogens is 1. The number of carbonyl (C=O) groups excluding carboxylic acids is 4. The van der Waals surface area contributed by atoms with Crippen molar-refractivity contribution in [3.05, 3.63) is 34.8 Å². The number of anilines is 1. The molecule has 3 aliphatic rings. The second kappa shape index (κ2) is 8.35.